The highest BCUT2D eigenvalue weighted by Gasteiger charge is 2.20. The zero-order valence-corrected chi connectivity index (χ0v) is 18.8. The summed E-state index contributed by atoms with van der Waals surface area (Å²) in [5.41, 5.74) is 0. The second-order valence-corrected chi connectivity index (χ2v) is 7.13. The molecule has 0 saturated carbocycles. The minimum absolute atomic E-state index is 0.00860. The lowest BCUT2D eigenvalue weighted by atomic mass is 10.5. The van der Waals surface area contributed by atoms with Gasteiger partial charge < -0.3 is 35.0 Å². The molecule has 3 rings (SSSR count). The molecule has 0 radical (unpaired) electrons. The average molecular weight is 456 g/mol. The molecule has 0 aliphatic heterocycles. The first-order chi connectivity index (χ1) is 15.6. The van der Waals surface area contributed by atoms with Crippen molar-refractivity contribution in [2.45, 2.75) is 13.8 Å². The van der Waals surface area contributed by atoms with Crippen LogP contribution in [0.5, 0.6) is 0 Å². The minimum Gasteiger partial charge on any atom is -0.350 e. The quantitative estimate of drug-likeness (QED) is 0.391. The summed E-state index contributed by atoms with van der Waals surface area (Å²) in [6.07, 6.45) is 4.46. The first-order valence-corrected chi connectivity index (χ1v) is 9.87. The maximum Gasteiger partial charge on any atom is 0.292 e. The van der Waals surface area contributed by atoms with Gasteiger partial charge in [-0.25, -0.2) is 15.0 Å². The molecule has 0 spiro atoms. The topological polar surface area (TPSA) is 170 Å². The van der Waals surface area contributed by atoms with Crippen molar-refractivity contribution in [3.05, 3.63) is 36.1 Å². The van der Waals surface area contributed by atoms with Crippen molar-refractivity contribution in [3.63, 3.8) is 0 Å². The molecule has 14 nitrogen and oxygen atoms in total. The normalized spacial score (nSPS) is 10.6. The number of carbonyl (C=O) groups excluding carboxylic acids is 4. The Bertz CT molecular complexity index is 1240. The van der Waals surface area contributed by atoms with Gasteiger partial charge in [0.1, 0.15) is 0 Å². The number of hydrogen-bond acceptors (Lipinski definition) is 7. The van der Waals surface area contributed by atoms with Crippen LogP contribution in [0.2, 0.25) is 0 Å². The number of carbonyl (C=O) groups is 4. The lowest BCUT2D eigenvalue weighted by molar-refractivity contribution is -0.114. The van der Waals surface area contributed by atoms with Crippen molar-refractivity contribution >= 4 is 41.1 Å². The van der Waals surface area contributed by atoms with E-state index in [1.165, 1.54) is 39.2 Å². The van der Waals surface area contributed by atoms with E-state index in [-0.39, 0.29) is 46.7 Å². The van der Waals surface area contributed by atoms with Gasteiger partial charge >= 0.3 is 0 Å². The average Bonchev–Trinajstić information content (AvgIpc) is 3.38. The zero-order valence-electron chi connectivity index (χ0n) is 18.8. The van der Waals surface area contributed by atoms with Crippen molar-refractivity contribution in [2.24, 2.45) is 21.1 Å². The summed E-state index contributed by atoms with van der Waals surface area (Å²) >= 11 is 0. The molecule has 0 aliphatic carbocycles. The highest BCUT2D eigenvalue weighted by molar-refractivity contribution is 6.04. The van der Waals surface area contributed by atoms with Crippen molar-refractivity contribution in [1.82, 2.24) is 34.0 Å². The van der Waals surface area contributed by atoms with Gasteiger partial charge in [-0.3, -0.25) is 19.2 Å². The molecule has 33 heavy (non-hydrogen) atoms. The Kier molecular flexibility index (Phi) is 6.56. The fourth-order valence-electron chi connectivity index (χ4n) is 2.98. The molecule has 0 atom stereocenters. The summed E-state index contributed by atoms with van der Waals surface area (Å²) in [5, 5.41) is 10.3. The van der Waals surface area contributed by atoms with Crippen LogP contribution in [0, 0.1) is 0 Å². The van der Waals surface area contributed by atoms with Gasteiger partial charge in [-0.2, -0.15) is 0 Å². The van der Waals surface area contributed by atoms with E-state index < -0.39 is 11.8 Å². The summed E-state index contributed by atoms with van der Waals surface area (Å²) in [5.74, 6) is -1.09. The fraction of sp³-hybridized carbons (Fsp3) is 0.316. The molecule has 3 heterocycles. The molecule has 0 unspecified atom stereocenters. The molecule has 14 heteroatoms. The van der Waals surface area contributed by atoms with E-state index in [0.717, 1.165) is 0 Å². The van der Waals surface area contributed by atoms with Crippen LogP contribution in [-0.2, 0) is 25.9 Å². The van der Waals surface area contributed by atoms with Gasteiger partial charge in [0.2, 0.25) is 23.4 Å². The van der Waals surface area contributed by atoms with E-state index in [9.17, 15) is 19.2 Å². The fourth-order valence-corrected chi connectivity index (χ4v) is 2.98. The smallest absolute Gasteiger partial charge is 0.292 e. The minimum atomic E-state index is -0.580. The lowest BCUT2D eigenvalue weighted by Crippen LogP contribution is -2.25. The molecular weight excluding hydrogens is 432 g/mol. The van der Waals surface area contributed by atoms with Gasteiger partial charge in [-0.15, -0.1) is 0 Å². The van der Waals surface area contributed by atoms with Gasteiger partial charge in [-0.1, -0.05) is 0 Å². The van der Waals surface area contributed by atoms with Crippen LogP contribution >= 0.6 is 0 Å². The number of aryl methyl sites for hydroxylation is 3. The number of hydrogen-bond donors (Lipinski definition) is 4. The summed E-state index contributed by atoms with van der Waals surface area (Å²) in [4.78, 5) is 60.7. The van der Waals surface area contributed by atoms with Crippen LogP contribution < -0.4 is 21.3 Å². The van der Waals surface area contributed by atoms with Crippen LogP contribution in [0.4, 0.5) is 17.5 Å². The molecule has 0 fully saturated rings. The van der Waals surface area contributed by atoms with Crippen molar-refractivity contribution in [1.29, 1.82) is 0 Å². The van der Waals surface area contributed by atoms with Crippen molar-refractivity contribution in [2.75, 3.05) is 22.5 Å². The van der Waals surface area contributed by atoms with Crippen LogP contribution in [0.1, 0.15) is 45.7 Å². The number of aromatic nitrogens is 6. The maximum absolute atomic E-state index is 12.7. The number of amides is 4. The monoisotopic (exact) mass is 456 g/mol. The predicted octanol–water partition coefficient (Wildman–Crippen LogP) is 0.0998. The molecule has 3 aromatic heterocycles. The van der Waals surface area contributed by atoms with Gasteiger partial charge in [0.05, 0.1) is 0 Å². The van der Waals surface area contributed by atoms with E-state index >= 15 is 0 Å². The van der Waals surface area contributed by atoms with Crippen LogP contribution in [0.25, 0.3) is 0 Å². The van der Waals surface area contributed by atoms with E-state index in [1.54, 1.807) is 28.1 Å². The van der Waals surface area contributed by atoms with Gasteiger partial charge in [0.25, 0.3) is 17.7 Å². The highest BCUT2D eigenvalue weighted by Crippen LogP contribution is 2.14. The second-order valence-electron chi connectivity index (χ2n) is 7.13. The number of imidazole rings is 3. The predicted molar refractivity (Wildman–Crippen MR) is 118 cm³/mol. The third-order valence-electron chi connectivity index (χ3n) is 4.36. The summed E-state index contributed by atoms with van der Waals surface area (Å²) in [7, 11) is 4.83. The molecule has 3 aromatic rings. The number of nitrogens with zero attached hydrogens (tertiary/aromatic N) is 6. The van der Waals surface area contributed by atoms with Crippen molar-refractivity contribution < 1.29 is 19.2 Å². The second kappa shape index (κ2) is 9.33. The molecule has 4 amide bonds. The summed E-state index contributed by atoms with van der Waals surface area (Å²) < 4.78 is 4.37. The molecule has 4 N–H and O–H groups in total. The molecule has 0 aromatic carbocycles. The Labute approximate surface area is 188 Å². The number of nitrogens with one attached hydrogen (secondary N) is 4. The Morgan fingerprint density at radius 1 is 0.697 bits per heavy atom. The lowest BCUT2D eigenvalue weighted by Gasteiger charge is -2.01. The Morgan fingerprint density at radius 3 is 1.42 bits per heavy atom. The van der Waals surface area contributed by atoms with Crippen molar-refractivity contribution in [3.8, 4) is 0 Å². The van der Waals surface area contributed by atoms with Gasteiger partial charge in [-0.05, 0) is 6.92 Å². The Hall–Kier alpha value is -4.49. The van der Waals surface area contributed by atoms with Crippen LogP contribution in [0.15, 0.2) is 18.6 Å². The molecule has 174 valence electrons. The van der Waals surface area contributed by atoms with E-state index in [4.69, 9.17) is 0 Å². The maximum atomic E-state index is 12.7. The molecule has 0 saturated heterocycles. The Balaban J connectivity index is 1.71. The van der Waals surface area contributed by atoms with E-state index in [1.807, 2.05) is 0 Å². The largest absolute Gasteiger partial charge is 0.350 e. The molecule has 0 bridgehead atoms. The van der Waals surface area contributed by atoms with Crippen LogP contribution in [-0.4, -0.2) is 58.8 Å². The standard InChI is InChI=1S/C19H24N10O4/c1-6-20-17(31)14-23-12(8-27(14)3)25-19(33)16-24-13(9-29(16)5)26-18(32)15-22-11(7-28(15)4)21-10(2)30/h7-9H,6H2,1-5H3,(H,20,31)(H,21,30)(H,25,33)(H,26,32). The first-order valence-electron chi connectivity index (χ1n) is 9.87. The number of anilines is 3. The SMILES string of the molecule is CCNC(=O)c1nc(NC(=O)c2nc(NC(=O)c3nc(NC(C)=O)cn3C)cn2C)cn1C. The molecule has 0 aliphatic rings. The van der Waals surface area contributed by atoms with Gasteiger partial charge in [0.15, 0.2) is 17.5 Å². The van der Waals surface area contributed by atoms with E-state index in [0.29, 0.717) is 6.54 Å². The highest BCUT2D eigenvalue weighted by atomic mass is 16.2. The third kappa shape index (κ3) is 5.23. The Morgan fingerprint density at radius 2 is 1.06 bits per heavy atom. The first kappa shape index (κ1) is 23.2. The summed E-state index contributed by atoms with van der Waals surface area (Å²) in [6.45, 7) is 3.57. The zero-order chi connectivity index (χ0) is 24.3. The summed E-state index contributed by atoms with van der Waals surface area (Å²) in [6, 6.07) is 0. The van der Waals surface area contributed by atoms with Crippen LogP contribution in [0.3, 0.4) is 0 Å². The van der Waals surface area contributed by atoms with E-state index in [2.05, 4.69) is 36.2 Å². The van der Waals surface area contributed by atoms with Gasteiger partial charge in [0, 0.05) is 53.2 Å². The third-order valence-corrected chi connectivity index (χ3v) is 4.36. The molecular formula is C19H24N10O4. The number of rotatable bonds is 7.